The van der Waals surface area contributed by atoms with Gasteiger partial charge in [-0.25, -0.2) is 4.39 Å². The topological polar surface area (TPSA) is 32.3 Å². The van der Waals surface area contributed by atoms with E-state index in [1.54, 1.807) is 31.1 Å². The Labute approximate surface area is 95.3 Å². The van der Waals surface area contributed by atoms with Gasteiger partial charge in [-0.2, -0.15) is 0 Å². The van der Waals surface area contributed by atoms with Crippen molar-refractivity contribution in [2.24, 2.45) is 0 Å². The maximum absolute atomic E-state index is 13.4. The van der Waals surface area contributed by atoms with Crippen LogP contribution < -0.4 is 5.32 Å². The standard InChI is InChI=1S/C12H17FN2O/c1-4-8-15(3)12(16)9-6-5-7-10(13)11(9)14-2/h5-7,14H,4,8H2,1-3H3. The smallest absolute Gasteiger partial charge is 0.255 e. The fraction of sp³-hybridized carbons (Fsp3) is 0.417. The fourth-order valence-electron chi connectivity index (χ4n) is 1.60. The highest BCUT2D eigenvalue weighted by atomic mass is 19.1. The normalized spacial score (nSPS) is 10.0. The molecule has 1 rings (SSSR count). The second kappa shape index (κ2) is 5.49. The summed E-state index contributed by atoms with van der Waals surface area (Å²) in [5.41, 5.74) is 0.633. The molecular formula is C12H17FN2O. The summed E-state index contributed by atoms with van der Waals surface area (Å²) in [5.74, 6) is -0.566. The summed E-state index contributed by atoms with van der Waals surface area (Å²) in [4.78, 5) is 13.6. The molecule has 16 heavy (non-hydrogen) atoms. The number of halogens is 1. The first kappa shape index (κ1) is 12.5. The molecule has 0 aliphatic carbocycles. The fourth-order valence-corrected chi connectivity index (χ4v) is 1.60. The number of hydrogen-bond acceptors (Lipinski definition) is 2. The van der Waals surface area contributed by atoms with Crippen molar-refractivity contribution >= 4 is 11.6 Å². The number of nitrogens with one attached hydrogen (secondary N) is 1. The third kappa shape index (κ3) is 2.51. The summed E-state index contributed by atoms with van der Waals surface area (Å²) in [6, 6.07) is 4.51. The van der Waals surface area contributed by atoms with E-state index < -0.39 is 5.82 Å². The minimum Gasteiger partial charge on any atom is -0.385 e. The van der Waals surface area contributed by atoms with Gasteiger partial charge in [0, 0.05) is 20.6 Å². The van der Waals surface area contributed by atoms with E-state index in [1.807, 2.05) is 6.92 Å². The summed E-state index contributed by atoms with van der Waals surface area (Å²) in [7, 11) is 3.32. The molecule has 0 aromatic heterocycles. The van der Waals surface area contributed by atoms with Gasteiger partial charge in [-0.05, 0) is 18.6 Å². The first-order valence-corrected chi connectivity index (χ1v) is 5.33. The van der Waals surface area contributed by atoms with Crippen molar-refractivity contribution in [2.75, 3.05) is 26.0 Å². The van der Waals surface area contributed by atoms with Crippen LogP contribution >= 0.6 is 0 Å². The molecule has 0 bridgehead atoms. The number of anilines is 1. The molecule has 88 valence electrons. The van der Waals surface area contributed by atoms with Crippen molar-refractivity contribution in [3.05, 3.63) is 29.6 Å². The lowest BCUT2D eigenvalue weighted by molar-refractivity contribution is 0.0795. The summed E-state index contributed by atoms with van der Waals surface area (Å²) >= 11 is 0. The van der Waals surface area contributed by atoms with Gasteiger partial charge in [-0.1, -0.05) is 13.0 Å². The zero-order chi connectivity index (χ0) is 12.1. The van der Waals surface area contributed by atoms with Crippen LogP contribution in [-0.4, -0.2) is 31.4 Å². The van der Waals surface area contributed by atoms with Gasteiger partial charge in [-0.15, -0.1) is 0 Å². The molecule has 0 radical (unpaired) electrons. The van der Waals surface area contributed by atoms with E-state index in [1.165, 1.54) is 6.07 Å². The quantitative estimate of drug-likeness (QED) is 0.851. The molecule has 0 saturated carbocycles. The molecule has 0 unspecified atom stereocenters. The van der Waals surface area contributed by atoms with Crippen LogP contribution in [0.5, 0.6) is 0 Å². The molecule has 0 saturated heterocycles. The van der Waals surface area contributed by atoms with Crippen LogP contribution in [0.15, 0.2) is 18.2 Å². The van der Waals surface area contributed by atoms with Crippen molar-refractivity contribution in [2.45, 2.75) is 13.3 Å². The van der Waals surface area contributed by atoms with Crippen molar-refractivity contribution < 1.29 is 9.18 Å². The van der Waals surface area contributed by atoms with E-state index in [0.29, 0.717) is 12.1 Å². The lowest BCUT2D eigenvalue weighted by atomic mass is 10.1. The molecule has 1 aromatic rings. The van der Waals surface area contributed by atoms with E-state index >= 15 is 0 Å². The lowest BCUT2D eigenvalue weighted by Gasteiger charge is -2.18. The first-order chi connectivity index (χ1) is 7.61. The van der Waals surface area contributed by atoms with Gasteiger partial charge in [0.15, 0.2) is 0 Å². The molecule has 0 fully saturated rings. The average molecular weight is 224 g/mol. The Hall–Kier alpha value is -1.58. The third-order valence-electron chi connectivity index (χ3n) is 2.40. The Morgan fingerprint density at radius 3 is 2.75 bits per heavy atom. The average Bonchev–Trinajstić information content (AvgIpc) is 2.28. The number of nitrogens with zero attached hydrogens (tertiary/aromatic N) is 1. The molecule has 0 aliphatic heterocycles. The number of rotatable bonds is 4. The number of carbonyl (C=O) groups is 1. The molecule has 1 amide bonds. The molecule has 0 heterocycles. The van der Waals surface area contributed by atoms with Crippen LogP contribution in [0.1, 0.15) is 23.7 Å². The summed E-state index contributed by atoms with van der Waals surface area (Å²) in [6.07, 6.45) is 0.881. The molecule has 3 nitrogen and oxygen atoms in total. The zero-order valence-electron chi connectivity index (χ0n) is 9.88. The lowest BCUT2D eigenvalue weighted by Crippen LogP contribution is -2.28. The Bertz CT molecular complexity index is 379. The third-order valence-corrected chi connectivity index (χ3v) is 2.40. The highest BCUT2D eigenvalue weighted by Gasteiger charge is 2.16. The van der Waals surface area contributed by atoms with Crippen LogP contribution in [0.2, 0.25) is 0 Å². The zero-order valence-corrected chi connectivity index (χ0v) is 9.88. The molecule has 1 N–H and O–H groups in total. The maximum Gasteiger partial charge on any atom is 0.255 e. The monoisotopic (exact) mass is 224 g/mol. The van der Waals surface area contributed by atoms with Crippen LogP contribution in [0.3, 0.4) is 0 Å². The number of hydrogen-bond donors (Lipinski definition) is 1. The van der Waals surface area contributed by atoms with Crippen molar-refractivity contribution in [1.29, 1.82) is 0 Å². The predicted octanol–water partition coefficient (Wildman–Crippen LogP) is 2.35. The second-order valence-corrected chi connectivity index (χ2v) is 3.64. The summed E-state index contributed by atoms with van der Waals surface area (Å²) in [6.45, 7) is 2.66. The largest absolute Gasteiger partial charge is 0.385 e. The van der Waals surface area contributed by atoms with E-state index in [2.05, 4.69) is 5.32 Å². The maximum atomic E-state index is 13.4. The highest BCUT2D eigenvalue weighted by molar-refractivity contribution is 5.99. The van der Waals surface area contributed by atoms with E-state index in [9.17, 15) is 9.18 Å². The number of carbonyl (C=O) groups excluding carboxylic acids is 1. The molecule has 0 atom stereocenters. The van der Waals surface area contributed by atoms with E-state index in [-0.39, 0.29) is 11.6 Å². The van der Waals surface area contributed by atoms with Crippen LogP contribution in [-0.2, 0) is 0 Å². The van der Waals surface area contributed by atoms with Gasteiger partial charge >= 0.3 is 0 Å². The van der Waals surface area contributed by atoms with Crippen molar-refractivity contribution in [3.63, 3.8) is 0 Å². The van der Waals surface area contributed by atoms with Crippen molar-refractivity contribution in [1.82, 2.24) is 4.90 Å². The molecule has 0 aliphatic rings. The van der Waals surface area contributed by atoms with Crippen LogP contribution in [0.25, 0.3) is 0 Å². The Kier molecular flexibility index (Phi) is 4.28. The van der Waals surface area contributed by atoms with E-state index in [4.69, 9.17) is 0 Å². The Morgan fingerprint density at radius 1 is 1.50 bits per heavy atom. The predicted molar refractivity (Wildman–Crippen MR) is 63.2 cm³/mol. The number of amides is 1. The number of benzene rings is 1. The minimum atomic E-state index is -0.404. The first-order valence-electron chi connectivity index (χ1n) is 5.33. The highest BCUT2D eigenvalue weighted by Crippen LogP contribution is 2.20. The van der Waals surface area contributed by atoms with Crippen LogP contribution in [0.4, 0.5) is 10.1 Å². The Balaban J connectivity index is 3.03. The SMILES string of the molecule is CCCN(C)C(=O)c1cccc(F)c1NC. The summed E-state index contributed by atoms with van der Waals surface area (Å²) in [5, 5.41) is 2.72. The van der Waals surface area contributed by atoms with Gasteiger partial charge in [0.25, 0.3) is 5.91 Å². The van der Waals surface area contributed by atoms with Gasteiger partial charge in [-0.3, -0.25) is 4.79 Å². The van der Waals surface area contributed by atoms with Gasteiger partial charge in [0.05, 0.1) is 11.3 Å². The van der Waals surface area contributed by atoms with E-state index in [0.717, 1.165) is 6.42 Å². The van der Waals surface area contributed by atoms with Crippen molar-refractivity contribution in [3.8, 4) is 0 Å². The van der Waals surface area contributed by atoms with Gasteiger partial charge < -0.3 is 10.2 Å². The molecule has 1 aromatic carbocycles. The Morgan fingerprint density at radius 2 is 2.19 bits per heavy atom. The van der Waals surface area contributed by atoms with Crippen LogP contribution in [0, 0.1) is 5.82 Å². The summed E-state index contributed by atoms with van der Waals surface area (Å²) < 4.78 is 13.4. The molecule has 4 heteroatoms. The minimum absolute atomic E-state index is 0.161. The number of para-hydroxylation sites is 1. The second-order valence-electron chi connectivity index (χ2n) is 3.64. The van der Waals surface area contributed by atoms with Gasteiger partial charge in [0.1, 0.15) is 5.82 Å². The van der Waals surface area contributed by atoms with Gasteiger partial charge in [0.2, 0.25) is 0 Å². The molecule has 0 spiro atoms. The molecular weight excluding hydrogens is 207 g/mol.